The number of benzene rings is 1. The lowest BCUT2D eigenvalue weighted by molar-refractivity contribution is -0.134. The van der Waals surface area contributed by atoms with E-state index in [9.17, 15) is 9.59 Å². The first kappa shape index (κ1) is 21.3. The minimum atomic E-state index is -0.199. The van der Waals surface area contributed by atoms with Gasteiger partial charge in [-0.05, 0) is 61.9 Å². The van der Waals surface area contributed by atoms with E-state index in [2.05, 4.69) is 51.6 Å². The van der Waals surface area contributed by atoms with Gasteiger partial charge in [0.1, 0.15) is 0 Å². The minimum Gasteiger partial charge on any atom is -0.369 e. The van der Waals surface area contributed by atoms with Gasteiger partial charge in [0.05, 0.1) is 5.92 Å². The highest BCUT2D eigenvalue weighted by atomic mass is 16.2. The van der Waals surface area contributed by atoms with E-state index in [1.165, 1.54) is 44.6 Å². The summed E-state index contributed by atoms with van der Waals surface area (Å²) in [4.78, 5) is 28.6. The number of nitrogens with zero attached hydrogens (tertiary/aromatic N) is 2. The molecule has 1 aromatic rings. The van der Waals surface area contributed by atoms with E-state index < -0.39 is 0 Å². The van der Waals surface area contributed by atoms with Crippen LogP contribution < -0.4 is 15.5 Å². The maximum Gasteiger partial charge on any atom is 0.234 e. The molecule has 3 fully saturated rings. The fourth-order valence-electron chi connectivity index (χ4n) is 5.38. The van der Waals surface area contributed by atoms with Crippen molar-refractivity contribution < 1.29 is 9.59 Å². The third-order valence-corrected chi connectivity index (χ3v) is 7.34. The van der Waals surface area contributed by atoms with Crippen LogP contribution in [0.1, 0.15) is 50.5 Å². The molecule has 3 aliphatic rings. The number of nitrogens with one attached hydrogen (secondary N) is 2. The van der Waals surface area contributed by atoms with Crippen LogP contribution in [0.2, 0.25) is 0 Å². The van der Waals surface area contributed by atoms with Crippen molar-refractivity contribution in [2.75, 3.05) is 50.7 Å². The molecule has 30 heavy (non-hydrogen) atoms. The molecule has 0 radical (unpaired) electrons. The molecule has 0 bridgehead atoms. The van der Waals surface area contributed by atoms with Crippen LogP contribution in [0.25, 0.3) is 0 Å². The molecule has 164 valence electrons. The summed E-state index contributed by atoms with van der Waals surface area (Å²) in [6.45, 7) is 10.3. The van der Waals surface area contributed by atoms with Gasteiger partial charge >= 0.3 is 0 Å². The maximum absolute atomic E-state index is 12.1. The van der Waals surface area contributed by atoms with E-state index in [4.69, 9.17) is 0 Å². The molecule has 6 nitrogen and oxygen atoms in total. The van der Waals surface area contributed by atoms with E-state index in [-0.39, 0.29) is 17.7 Å². The van der Waals surface area contributed by atoms with Gasteiger partial charge in [0.15, 0.2) is 0 Å². The number of carbonyl (C=O) groups excluding carboxylic acids is 2. The first-order valence-electron chi connectivity index (χ1n) is 11.8. The molecule has 2 unspecified atom stereocenters. The summed E-state index contributed by atoms with van der Waals surface area (Å²) in [6, 6.07) is 8.40. The predicted molar refractivity (Wildman–Crippen MR) is 120 cm³/mol. The summed E-state index contributed by atoms with van der Waals surface area (Å²) in [5.74, 6) is 1.19. The van der Waals surface area contributed by atoms with Crippen molar-refractivity contribution in [3.8, 4) is 0 Å². The standard InChI is InChI=1S/C24H36N4O2/c1-2-18(19-9-11-25-12-10-19)17-27-13-15-28(16-14-27)21-5-3-20(4-6-21)22-7-8-23(29)26-24(22)30/h3-6,18-19,22,25H,2,7-17H2,1H3,(H,26,29,30). The van der Waals surface area contributed by atoms with Gasteiger partial charge in [-0.1, -0.05) is 25.5 Å². The lowest BCUT2D eigenvalue weighted by atomic mass is 9.83. The van der Waals surface area contributed by atoms with E-state index in [1.54, 1.807) is 0 Å². The predicted octanol–water partition coefficient (Wildman–Crippen LogP) is 2.35. The molecule has 2 atom stereocenters. The topological polar surface area (TPSA) is 64.7 Å². The number of hydrogen-bond donors (Lipinski definition) is 2. The number of amides is 2. The second kappa shape index (κ2) is 9.92. The second-order valence-electron chi connectivity index (χ2n) is 9.14. The van der Waals surface area contributed by atoms with Crippen LogP contribution in [0, 0.1) is 11.8 Å². The van der Waals surface area contributed by atoms with Crippen LogP contribution in [-0.2, 0) is 9.59 Å². The van der Waals surface area contributed by atoms with Crippen LogP contribution in [0.3, 0.4) is 0 Å². The highest BCUT2D eigenvalue weighted by Gasteiger charge is 2.29. The third-order valence-electron chi connectivity index (χ3n) is 7.34. The average Bonchev–Trinajstić information content (AvgIpc) is 2.79. The number of imide groups is 1. The van der Waals surface area contributed by atoms with Crippen LogP contribution in [-0.4, -0.2) is 62.5 Å². The molecule has 1 aromatic carbocycles. The Labute approximate surface area is 180 Å². The van der Waals surface area contributed by atoms with Crippen molar-refractivity contribution >= 4 is 17.5 Å². The van der Waals surface area contributed by atoms with Crippen molar-refractivity contribution in [2.45, 2.75) is 44.9 Å². The van der Waals surface area contributed by atoms with Gasteiger partial charge < -0.3 is 10.2 Å². The Morgan fingerprint density at radius 1 is 1.00 bits per heavy atom. The first-order chi connectivity index (χ1) is 14.6. The summed E-state index contributed by atoms with van der Waals surface area (Å²) in [5, 5.41) is 5.95. The first-order valence-corrected chi connectivity index (χ1v) is 11.8. The zero-order chi connectivity index (χ0) is 20.9. The van der Waals surface area contributed by atoms with E-state index in [0.717, 1.165) is 43.6 Å². The molecule has 0 aliphatic carbocycles. The Bertz CT molecular complexity index is 721. The molecular formula is C24H36N4O2. The zero-order valence-corrected chi connectivity index (χ0v) is 18.2. The molecule has 6 heteroatoms. The maximum atomic E-state index is 12.1. The van der Waals surface area contributed by atoms with Gasteiger partial charge in [-0.2, -0.15) is 0 Å². The molecule has 3 aliphatic heterocycles. The third kappa shape index (κ3) is 5.03. The average molecular weight is 413 g/mol. The largest absolute Gasteiger partial charge is 0.369 e. The van der Waals surface area contributed by atoms with Gasteiger partial charge in [-0.15, -0.1) is 0 Å². The summed E-state index contributed by atoms with van der Waals surface area (Å²) >= 11 is 0. The van der Waals surface area contributed by atoms with Crippen molar-refractivity contribution in [1.29, 1.82) is 0 Å². The Kier molecular flexibility index (Phi) is 7.05. The fraction of sp³-hybridized carbons (Fsp3) is 0.667. The number of anilines is 1. The van der Waals surface area contributed by atoms with Crippen LogP contribution >= 0.6 is 0 Å². The van der Waals surface area contributed by atoms with Crippen molar-refractivity contribution in [3.63, 3.8) is 0 Å². The van der Waals surface area contributed by atoms with E-state index in [1.807, 2.05) is 0 Å². The van der Waals surface area contributed by atoms with E-state index in [0.29, 0.717) is 12.8 Å². The summed E-state index contributed by atoms with van der Waals surface area (Å²) in [7, 11) is 0. The SMILES string of the molecule is CCC(CN1CCN(c2ccc(C3CCC(=O)NC3=O)cc2)CC1)C1CCNCC1. The molecule has 2 N–H and O–H groups in total. The van der Waals surface area contributed by atoms with E-state index >= 15 is 0 Å². The van der Waals surface area contributed by atoms with Crippen LogP contribution in [0.15, 0.2) is 24.3 Å². The highest BCUT2D eigenvalue weighted by Crippen LogP contribution is 2.28. The fourth-order valence-corrected chi connectivity index (χ4v) is 5.38. The zero-order valence-electron chi connectivity index (χ0n) is 18.2. The smallest absolute Gasteiger partial charge is 0.234 e. The van der Waals surface area contributed by atoms with Crippen LogP contribution in [0.4, 0.5) is 5.69 Å². The quantitative estimate of drug-likeness (QED) is 0.703. The number of piperazine rings is 1. The highest BCUT2D eigenvalue weighted by molar-refractivity contribution is 6.00. The van der Waals surface area contributed by atoms with Crippen molar-refractivity contribution in [1.82, 2.24) is 15.5 Å². The van der Waals surface area contributed by atoms with Gasteiger partial charge in [0.2, 0.25) is 11.8 Å². The van der Waals surface area contributed by atoms with Gasteiger partial charge in [0, 0.05) is 44.8 Å². The molecule has 0 aromatic heterocycles. The van der Waals surface area contributed by atoms with Gasteiger partial charge in [-0.25, -0.2) is 0 Å². The molecule has 3 heterocycles. The molecule has 4 rings (SSSR count). The van der Waals surface area contributed by atoms with Crippen molar-refractivity contribution in [3.05, 3.63) is 29.8 Å². The molecular weight excluding hydrogens is 376 g/mol. The molecule has 0 saturated carbocycles. The number of carbonyl (C=O) groups is 2. The minimum absolute atomic E-state index is 0.156. The van der Waals surface area contributed by atoms with Gasteiger partial charge in [0.25, 0.3) is 0 Å². The summed E-state index contributed by atoms with van der Waals surface area (Å²) in [5.41, 5.74) is 2.24. The summed E-state index contributed by atoms with van der Waals surface area (Å²) < 4.78 is 0. The summed E-state index contributed by atoms with van der Waals surface area (Å²) in [6.07, 6.45) is 4.98. The Hall–Kier alpha value is -1.92. The number of hydrogen-bond acceptors (Lipinski definition) is 5. The molecule has 0 spiro atoms. The Morgan fingerprint density at radius 3 is 2.33 bits per heavy atom. The second-order valence-corrected chi connectivity index (χ2v) is 9.14. The normalized spacial score (nSPS) is 25.2. The Balaban J connectivity index is 1.28. The number of rotatable bonds is 6. The number of piperidine rings is 2. The Morgan fingerprint density at radius 2 is 1.70 bits per heavy atom. The lowest BCUT2D eigenvalue weighted by Gasteiger charge is -2.39. The van der Waals surface area contributed by atoms with Crippen LogP contribution in [0.5, 0.6) is 0 Å². The van der Waals surface area contributed by atoms with Gasteiger partial charge in [-0.3, -0.25) is 19.8 Å². The van der Waals surface area contributed by atoms with Crippen molar-refractivity contribution in [2.24, 2.45) is 11.8 Å². The lowest BCUT2D eigenvalue weighted by Crippen LogP contribution is -2.48. The molecule has 2 amide bonds. The molecule has 3 saturated heterocycles. The monoisotopic (exact) mass is 412 g/mol.